The predicted octanol–water partition coefficient (Wildman–Crippen LogP) is 0.450. The third-order valence-corrected chi connectivity index (χ3v) is 3.58. The Hall–Kier alpha value is -2.69. The lowest BCUT2D eigenvalue weighted by atomic mass is 10.2. The largest absolute Gasteiger partial charge is 0.368 e. The number of hydrogen-bond acceptors (Lipinski definition) is 7. The number of rotatable bonds is 2. The molecule has 0 aliphatic carbocycles. The third-order valence-electron chi connectivity index (χ3n) is 2.74. The quantitative estimate of drug-likeness (QED) is 0.726. The van der Waals surface area contributed by atoms with Crippen LogP contribution in [-0.4, -0.2) is 39.2 Å². The number of halogens is 2. The Morgan fingerprint density at radius 1 is 1.18 bits per heavy atom. The van der Waals surface area contributed by atoms with Gasteiger partial charge in [-0.3, -0.25) is 0 Å². The number of benzene rings is 1. The van der Waals surface area contributed by atoms with Crippen molar-refractivity contribution in [1.29, 1.82) is 0 Å². The van der Waals surface area contributed by atoms with E-state index in [-0.39, 0.29) is 23.1 Å². The highest BCUT2D eigenvalue weighted by molar-refractivity contribution is 7.90. The molecule has 8 nitrogen and oxygen atoms in total. The number of nitrogens with zero attached hydrogens (tertiary/aromatic N) is 5. The molecule has 0 aliphatic rings. The van der Waals surface area contributed by atoms with Gasteiger partial charge in [-0.1, -0.05) is 6.07 Å². The van der Waals surface area contributed by atoms with Gasteiger partial charge in [0.1, 0.15) is 0 Å². The molecule has 2 heterocycles. The topological polar surface area (TPSA) is 116 Å². The van der Waals surface area contributed by atoms with Crippen molar-refractivity contribution < 1.29 is 17.2 Å². The molecule has 0 spiro atoms. The fourth-order valence-electron chi connectivity index (χ4n) is 1.74. The van der Waals surface area contributed by atoms with E-state index in [0.29, 0.717) is 0 Å². The molecule has 0 saturated heterocycles. The second-order valence-corrected chi connectivity index (χ2v) is 6.29. The maximum atomic E-state index is 13.8. The standard InChI is InChI=1S/C11H8F2N6O2S/c1-22(20,21)11-16-9(14)19-10(17-11)15-8(18-19)5-3-2-4-6(12)7(5)13/h2-4H,1H3,(H2,14,15,16,17,18). The Morgan fingerprint density at radius 2 is 1.91 bits per heavy atom. The average Bonchev–Trinajstić information content (AvgIpc) is 2.85. The second kappa shape index (κ2) is 4.66. The number of nitrogens with two attached hydrogens (primary N) is 1. The molecule has 0 saturated carbocycles. The van der Waals surface area contributed by atoms with Gasteiger partial charge in [-0.25, -0.2) is 17.2 Å². The lowest BCUT2D eigenvalue weighted by Crippen LogP contribution is -2.11. The summed E-state index contributed by atoms with van der Waals surface area (Å²) < 4.78 is 50.9. The highest BCUT2D eigenvalue weighted by atomic mass is 32.2. The summed E-state index contributed by atoms with van der Waals surface area (Å²) in [6, 6.07) is 3.51. The highest BCUT2D eigenvalue weighted by Crippen LogP contribution is 2.22. The number of anilines is 1. The van der Waals surface area contributed by atoms with Gasteiger partial charge in [0, 0.05) is 6.26 Å². The second-order valence-electron chi connectivity index (χ2n) is 4.39. The monoisotopic (exact) mass is 326 g/mol. The van der Waals surface area contributed by atoms with Gasteiger partial charge in [-0.2, -0.15) is 19.5 Å². The first kappa shape index (κ1) is 14.3. The van der Waals surface area contributed by atoms with Gasteiger partial charge in [-0.15, -0.1) is 5.10 Å². The Morgan fingerprint density at radius 3 is 2.59 bits per heavy atom. The molecule has 2 N–H and O–H groups in total. The summed E-state index contributed by atoms with van der Waals surface area (Å²) in [4.78, 5) is 11.2. The van der Waals surface area contributed by atoms with Gasteiger partial charge in [0.15, 0.2) is 17.5 Å². The predicted molar refractivity (Wildman–Crippen MR) is 71.5 cm³/mol. The van der Waals surface area contributed by atoms with Crippen molar-refractivity contribution in [2.24, 2.45) is 0 Å². The number of hydrogen-bond donors (Lipinski definition) is 1. The molecular formula is C11H8F2N6O2S. The molecule has 114 valence electrons. The average molecular weight is 326 g/mol. The lowest BCUT2D eigenvalue weighted by Gasteiger charge is -1.99. The Bertz CT molecular complexity index is 1000. The van der Waals surface area contributed by atoms with E-state index in [4.69, 9.17) is 5.73 Å². The zero-order valence-electron chi connectivity index (χ0n) is 11.0. The Balaban J connectivity index is 2.26. The van der Waals surface area contributed by atoms with Gasteiger partial charge in [0.2, 0.25) is 15.8 Å². The van der Waals surface area contributed by atoms with Crippen LogP contribution in [0.5, 0.6) is 0 Å². The van der Waals surface area contributed by atoms with Gasteiger partial charge in [0.05, 0.1) is 5.56 Å². The SMILES string of the molecule is CS(=O)(=O)c1nc(N)n2nc(-c3cccc(F)c3F)nc2n1. The summed E-state index contributed by atoms with van der Waals surface area (Å²) in [6.45, 7) is 0. The lowest BCUT2D eigenvalue weighted by molar-refractivity contribution is 0.510. The van der Waals surface area contributed by atoms with E-state index in [0.717, 1.165) is 16.8 Å². The third kappa shape index (κ3) is 2.24. The van der Waals surface area contributed by atoms with Crippen LogP contribution in [0.1, 0.15) is 0 Å². The van der Waals surface area contributed by atoms with Crippen molar-refractivity contribution >= 4 is 21.6 Å². The molecule has 0 atom stereocenters. The van der Waals surface area contributed by atoms with E-state index in [1.165, 1.54) is 12.1 Å². The normalized spacial score (nSPS) is 12.0. The van der Waals surface area contributed by atoms with Crippen LogP contribution in [0.4, 0.5) is 14.7 Å². The van der Waals surface area contributed by atoms with E-state index in [1.54, 1.807) is 0 Å². The van der Waals surface area contributed by atoms with Gasteiger partial charge in [-0.05, 0) is 12.1 Å². The maximum Gasteiger partial charge on any atom is 0.258 e. The van der Waals surface area contributed by atoms with Crippen LogP contribution in [0.3, 0.4) is 0 Å². The van der Waals surface area contributed by atoms with Crippen LogP contribution >= 0.6 is 0 Å². The minimum atomic E-state index is -3.70. The van der Waals surface area contributed by atoms with Gasteiger partial charge >= 0.3 is 0 Å². The van der Waals surface area contributed by atoms with Crippen molar-refractivity contribution in [2.75, 3.05) is 12.0 Å². The molecule has 0 amide bonds. The molecule has 0 unspecified atom stereocenters. The highest BCUT2D eigenvalue weighted by Gasteiger charge is 2.19. The minimum absolute atomic E-state index is 0.188. The van der Waals surface area contributed by atoms with Crippen LogP contribution in [0.15, 0.2) is 23.4 Å². The minimum Gasteiger partial charge on any atom is -0.368 e. The van der Waals surface area contributed by atoms with Crippen molar-refractivity contribution in [2.45, 2.75) is 5.16 Å². The number of fused-ring (bicyclic) bond motifs is 1. The van der Waals surface area contributed by atoms with E-state index >= 15 is 0 Å². The van der Waals surface area contributed by atoms with E-state index in [2.05, 4.69) is 20.1 Å². The summed E-state index contributed by atoms with van der Waals surface area (Å²) in [5, 5.41) is 3.33. The Labute approximate surface area is 122 Å². The maximum absolute atomic E-state index is 13.8. The molecule has 1 aromatic carbocycles. The van der Waals surface area contributed by atoms with Gasteiger partial charge in [0.25, 0.3) is 10.9 Å². The summed E-state index contributed by atoms with van der Waals surface area (Å²) in [7, 11) is -3.70. The molecule has 0 radical (unpaired) electrons. The molecule has 0 fully saturated rings. The van der Waals surface area contributed by atoms with Crippen LogP contribution in [0.25, 0.3) is 17.2 Å². The zero-order valence-corrected chi connectivity index (χ0v) is 11.8. The van der Waals surface area contributed by atoms with Crippen LogP contribution in [0.2, 0.25) is 0 Å². The molecule has 0 bridgehead atoms. The molecule has 2 aromatic heterocycles. The first-order valence-electron chi connectivity index (χ1n) is 5.82. The van der Waals surface area contributed by atoms with Crippen LogP contribution in [-0.2, 0) is 9.84 Å². The zero-order chi connectivity index (χ0) is 16.1. The molecular weight excluding hydrogens is 318 g/mol. The van der Waals surface area contributed by atoms with Crippen LogP contribution < -0.4 is 5.73 Å². The fourth-order valence-corrected chi connectivity index (χ4v) is 2.25. The number of sulfone groups is 1. The van der Waals surface area contributed by atoms with Crippen molar-refractivity contribution in [3.8, 4) is 11.4 Å². The van der Waals surface area contributed by atoms with Crippen molar-refractivity contribution in [3.05, 3.63) is 29.8 Å². The molecule has 0 aliphatic heterocycles. The molecule has 11 heteroatoms. The summed E-state index contributed by atoms with van der Waals surface area (Å²) in [5.74, 6) is -2.86. The van der Waals surface area contributed by atoms with Crippen molar-refractivity contribution in [3.63, 3.8) is 0 Å². The molecule has 22 heavy (non-hydrogen) atoms. The smallest absolute Gasteiger partial charge is 0.258 e. The summed E-state index contributed by atoms with van der Waals surface area (Å²) >= 11 is 0. The van der Waals surface area contributed by atoms with Crippen molar-refractivity contribution in [1.82, 2.24) is 24.6 Å². The van der Waals surface area contributed by atoms with Gasteiger partial charge < -0.3 is 5.73 Å². The number of nitrogen functional groups attached to an aromatic ring is 1. The number of aromatic nitrogens is 5. The first-order valence-corrected chi connectivity index (χ1v) is 7.71. The van der Waals surface area contributed by atoms with E-state index in [1.807, 2.05) is 0 Å². The fraction of sp³-hybridized carbons (Fsp3) is 0.0909. The first-order chi connectivity index (χ1) is 10.3. The Kier molecular flexibility index (Phi) is 3.02. The molecule has 3 rings (SSSR count). The van der Waals surface area contributed by atoms with E-state index in [9.17, 15) is 17.2 Å². The van der Waals surface area contributed by atoms with Crippen LogP contribution in [0, 0.1) is 11.6 Å². The summed E-state index contributed by atoms with van der Waals surface area (Å²) in [5.41, 5.74) is 5.39. The summed E-state index contributed by atoms with van der Waals surface area (Å²) in [6.07, 6.45) is 0.905. The molecule has 3 aromatic rings. The van der Waals surface area contributed by atoms with E-state index < -0.39 is 26.6 Å².